The number of ether oxygens (including phenoxy) is 2. The summed E-state index contributed by atoms with van der Waals surface area (Å²) in [5.74, 6) is -1.48. The molecule has 0 aliphatic heterocycles. The number of hydrogen-bond donors (Lipinski definition) is 2. The molecule has 0 saturated carbocycles. The van der Waals surface area contributed by atoms with Gasteiger partial charge in [0.05, 0.1) is 41.1 Å². The number of halogens is 2. The lowest BCUT2D eigenvalue weighted by Crippen LogP contribution is -2.41. The molecular formula is C27H29ClFN3O6S. The van der Waals surface area contributed by atoms with Crippen molar-refractivity contribution in [1.29, 1.82) is 0 Å². The Balaban J connectivity index is 2.00. The Labute approximate surface area is 231 Å². The summed E-state index contributed by atoms with van der Waals surface area (Å²) in [6.07, 6.45) is 0. The molecule has 0 atom stereocenters. The number of benzene rings is 3. The van der Waals surface area contributed by atoms with E-state index in [0.29, 0.717) is 5.75 Å². The van der Waals surface area contributed by atoms with Gasteiger partial charge in [0.2, 0.25) is 5.91 Å². The summed E-state index contributed by atoms with van der Waals surface area (Å²) in [4.78, 5) is 25.8. The molecule has 0 unspecified atom stereocenters. The summed E-state index contributed by atoms with van der Waals surface area (Å²) < 4.78 is 52.6. The highest BCUT2D eigenvalue weighted by molar-refractivity contribution is 7.92. The van der Waals surface area contributed by atoms with E-state index in [1.807, 2.05) is 20.8 Å². The molecule has 0 fully saturated rings. The predicted octanol–water partition coefficient (Wildman–Crippen LogP) is 4.86. The molecule has 9 nitrogen and oxygen atoms in total. The van der Waals surface area contributed by atoms with Gasteiger partial charge in [-0.1, -0.05) is 23.7 Å². The number of nitrogens with one attached hydrogen (secondary N) is 2. The number of anilines is 2. The molecule has 39 heavy (non-hydrogen) atoms. The highest BCUT2D eigenvalue weighted by Crippen LogP contribution is 2.33. The van der Waals surface area contributed by atoms with E-state index in [1.165, 1.54) is 50.6 Å². The molecule has 0 saturated heterocycles. The lowest BCUT2D eigenvalue weighted by molar-refractivity contribution is -0.114. The van der Waals surface area contributed by atoms with Crippen LogP contribution < -0.4 is 24.4 Å². The summed E-state index contributed by atoms with van der Waals surface area (Å²) in [7, 11) is -1.64. The number of carbonyl (C=O) groups excluding carboxylic acids is 2. The van der Waals surface area contributed by atoms with Crippen LogP contribution in [0.5, 0.6) is 11.5 Å². The van der Waals surface area contributed by atoms with Crippen molar-refractivity contribution in [2.24, 2.45) is 0 Å². The highest BCUT2D eigenvalue weighted by atomic mass is 35.5. The minimum Gasteiger partial charge on any atom is -0.493 e. The third kappa shape index (κ3) is 7.18. The quantitative estimate of drug-likeness (QED) is 0.375. The number of methoxy groups -OCH3 is 2. The number of nitrogens with zero attached hydrogens (tertiary/aromatic N) is 1. The normalized spacial score (nSPS) is 11.5. The van der Waals surface area contributed by atoms with E-state index >= 15 is 0 Å². The Hall–Kier alpha value is -3.83. The molecule has 12 heteroatoms. The van der Waals surface area contributed by atoms with Gasteiger partial charge in [-0.2, -0.15) is 0 Å². The van der Waals surface area contributed by atoms with Gasteiger partial charge in [0, 0.05) is 11.6 Å². The van der Waals surface area contributed by atoms with Crippen LogP contribution in [0, 0.1) is 5.82 Å². The van der Waals surface area contributed by atoms with Crippen LogP contribution in [-0.2, 0) is 14.8 Å². The van der Waals surface area contributed by atoms with Gasteiger partial charge in [0.25, 0.3) is 15.9 Å². The Bertz CT molecular complexity index is 1490. The molecule has 3 aromatic rings. The largest absolute Gasteiger partial charge is 0.493 e. The summed E-state index contributed by atoms with van der Waals surface area (Å²) in [5.41, 5.74) is -0.199. The first-order valence-corrected chi connectivity index (χ1v) is 13.5. The molecule has 3 rings (SSSR count). The van der Waals surface area contributed by atoms with Crippen molar-refractivity contribution in [3.63, 3.8) is 0 Å². The summed E-state index contributed by atoms with van der Waals surface area (Å²) in [6.45, 7) is 4.73. The summed E-state index contributed by atoms with van der Waals surface area (Å²) in [6, 6.07) is 13.6. The Morgan fingerprint density at radius 1 is 0.974 bits per heavy atom. The van der Waals surface area contributed by atoms with Crippen molar-refractivity contribution < 1.29 is 31.9 Å². The van der Waals surface area contributed by atoms with Crippen molar-refractivity contribution >= 4 is 44.8 Å². The molecule has 0 spiro atoms. The maximum atomic E-state index is 13.9. The van der Waals surface area contributed by atoms with Crippen LogP contribution in [0.15, 0.2) is 65.6 Å². The smallest absolute Gasteiger partial charge is 0.264 e. The van der Waals surface area contributed by atoms with Crippen molar-refractivity contribution in [3.05, 3.63) is 77.1 Å². The maximum absolute atomic E-state index is 13.9. The lowest BCUT2D eigenvalue weighted by Gasteiger charge is -2.25. The third-order valence-corrected chi connectivity index (χ3v) is 7.42. The fourth-order valence-corrected chi connectivity index (χ4v) is 5.18. The van der Waals surface area contributed by atoms with E-state index in [0.717, 1.165) is 16.4 Å². The van der Waals surface area contributed by atoms with Crippen molar-refractivity contribution in [2.75, 3.05) is 30.4 Å². The van der Waals surface area contributed by atoms with Gasteiger partial charge >= 0.3 is 0 Å². The average Bonchev–Trinajstić information content (AvgIpc) is 2.87. The molecule has 208 valence electrons. The Morgan fingerprint density at radius 3 is 2.26 bits per heavy atom. The van der Waals surface area contributed by atoms with Crippen LogP contribution in [0.4, 0.5) is 15.8 Å². The van der Waals surface area contributed by atoms with Gasteiger partial charge in [-0.05, 0) is 63.2 Å². The molecule has 2 amide bonds. The second-order valence-corrected chi connectivity index (χ2v) is 11.7. The summed E-state index contributed by atoms with van der Waals surface area (Å²) >= 11 is 5.94. The minimum absolute atomic E-state index is 0.0508. The van der Waals surface area contributed by atoms with Crippen molar-refractivity contribution in [1.82, 2.24) is 5.32 Å². The standard InChI is InChI=1S/C27H29ClFN3O6S/c1-27(2,3)31-26(34)19-8-6-7-9-22(19)30-25(33)16-32(17-10-12-21(29)20(28)14-17)39(35,36)18-11-13-23(37-4)24(15-18)38-5/h6-15H,16H2,1-5H3,(H,30,33)(H,31,34). The molecule has 2 N–H and O–H groups in total. The Kier molecular flexibility index (Phi) is 9.08. The SMILES string of the molecule is COc1ccc(S(=O)(=O)N(CC(=O)Nc2ccccc2C(=O)NC(C)(C)C)c2ccc(F)c(Cl)c2)cc1OC. The van der Waals surface area contributed by atoms with Crippen LogP contribution in [-0.4, -0.2) is 46.5 Å². The van der Waals surface area contributed by atoms with Crippen LogP contribution in [0.3, 0.4) is 0 Å². The second-order valence-electron chi connectivity index (χ2n) is 9.42. The fraction of sp³-hybridized carbons (Fsp3) is 0.259. The van der Waals surface area contributed by atoms with Crippen LogP contribution >= 0.6 is 11.6 Å². The van der Waals surface area contributed by atoms with E-state index in [9.17, 15) is 22.4 Å². The van der Waals surface area contributed by atoms with E-state index in [1.54, 1.807) is 12.1 Å². The molecule has 0 aliphatic rings. The number of sulfonamides is 1. The van der Waals surface area contributed by atoms with Gasteiger partial charge < -0.3 is 20.1 Å². The second kappa shape index (κ2) is 11.9. The first-order valence-electron chi connectivity index (χ1n) is 11.7. The zero-order valence-electron chi connectivity index (χ0n) is 22.0. The molecule has 0 aliphatic carbocycles. The summed E-state index contributed by atoms with van der Waals surface area (Å²) in [5, 5.41) is 5.11. The van der Waals surface area contributed by atoms with Crippen LogP contribution in [0.1, 0.15) is 31.1 Å². The zero-order chi connectivity index (χ0) is 29.0. The molecular weight excluding hydrogens is 549 g/mol. The van der Waals surface area contributed by atoms with Gasteiger partial charge in [-0.3, -0.25) is 13.9 Å². The number of rotatable bonds is 9. The average molecular weight is 578 g/mol. The first kappa shape index (κ1) is 29.7. The lowest BCUT2D eigenvalue weighted by atomic mass is 10.1. The number of hydrogen-bond acceptors (Lipinski definition) is 6. The molecule has 0 bridgehead atoms. The minimum atomic E-state index is -4.40. The van der Waals surface area contributed by atoms with Crippen molar-refractivity contribution in [3.8, 4) is 11.5 Å². The van der Waals surface area contributed by atoms with Gasteiger partial charge in [-0.25, -0.2) is 12.8 Å². The number of carbonyl (C=O) groups is 2. The van der Waals surface area contributed by atoms with E-state index < -0.39 is 39.7 Å². The highest BCUT2D eigenvalue weighted by Gasteiger charge is 2.29. The molecule has 0 heterocycles. The number of para-hydroxylation sites is 1. The zero-order valence-corrected chi connectivity index (χ0v) is 23.6. The Morgan fingerprint density at radius 2 is 1.64 bits per heavy atom. The van der Waals surface area contributed by atoms with Gasteiger partial charge in [0.15, 0.2) is 11.5 Å². The van der Waals surface area contributed by atoms with E-state index in [2.05, 4.69) is 10.6 Å². The molecule has 0 radical (unpaired) electrons. The van der Waals surface area contributed by atoms with E-state index in [4.69, 9.17) is 21.1 Å². The molecule has 3 aromatic carbocycles. The maximum Gasteiger partial charge on any atom is 0.264 e. The van der Waals surface area contributed by atoms with Crippen LogP contribution in [0.25, 0.3) is 0 Å². The monoisotopic (exact) mass is 577 g/mol. The van der Waals surface area contributed by atoms with Crippen LogP contribution in [0.2, 0.25) is 5.02 Å². The van der Waals surface area contributed by atoms with Gasteiger partial charge in [-0.15, -0.1) is 0 Å². The van der Waals surface area contributed by atoms with Crippen molar-refractivity contribution in [2.45, 2.75) is 31.2 Å². The van der Waals surface area contributed by atoms with E-state index in [-0.39, 0.29) is 32.6 Å². The third-order valence-electron chi connectivity index (χ3n) is 5.36. The first-order chi connectivity index (χ1) is 18.3. The number of amides is 2. The fourth-order valence-electron chi connectivity index (χ4n) is 3.58. The topological polar surface area (TPSA) is 114 Å². The predicted molar refractivity (Wildman–Crippen MR) is 148 cm³/mol. The molecule has 0 aromatic heterocycles. The van der Waals surface area contributed by atoms with Gasteiger partial charge in [0.1, 0.15) is 12.4 Å².